The molecule has 0 spiro atoms. The van der Waals surface area contributed by atoms with Crippen LogP contribution in [-0.2, 0) is 25.5 Å². The molecular weight excluding hydrogens is 308 g/mol. The van der Waals surface area contributed by atoms with E-state index in [0.29, 0.717) is 12.8 Å². The predicted octanol–water partition coefficient (Wildman–Crippen LogP) is 1.44. The summed E-state index contributed by atoms with van der Waals surface area (Å²) in [4.78, 5) is 36.0. The number of carbonyl (C=O) groups excluding carboxylic acids is 3. The van der Waals surface area contributed by atoms with Gasteiger partial charge in [-0.3, -0.25) is 9.59 Å². The van der Waals surface area contributed by atoms with Crippen molar-refractivity contribution in [3.05, 3.63) is 35.9 Å². The molecule has 0 saturated heterocycles. The fourth-order valence-corrected chi connectivity index (χ4v) is 2.35. The molecule has 24 heavy (non-hydrogen) atoms. The highest BCUT2D eigenvalue weighted by atomic mass is 16.5. The van der Waals surface area contributed by atoms with Gasteiger partial charge in [0.05, 0.1) is 7.11 Å². The van der Waals surface area contributed by atoms with Gasteiger partial charge in [0.25, 0.3) is 0 Å². The van der Waals surface area contributed by atoms with E-state index in [-0.39, 0.29) is 11.8 Å². The molecule has 1 rings (SSSR count). The number of esters is 1. The van der Waals surface area contributed by atoms with Gasteiger partial charge in [-0.15, -0.1) is 0 Å². The van der Waals surface area contributed by atoms with Gasteiger partial charge in [-0.05, 0) is 11.5 Å². The van der Waals surface area contributed by atoms with E-state index in [1.807, 2.05) is 44.2 Å². The number of methoxy groups -OCH3 is 1. The van der Waals surface area contributed by atoms with Crippen LogP contribution in [0, 0.1) is 5.92 Å². The van der Waals surface area contributed by atoms with E-state index in [1.165, 1.54) is 14.0 Å². The molecule has 0 unspecified atom stereocenters. The number of hydrogen-bond acceptors (Lipinski definition) is 4. The number of nitrogens with one attached hydrogen (secondary N) is 2. The Morgan fingerprint density at radius 3 is 2.25 bits per heavy atom. The van der Waals surface area contributed by atoms with E-state index in [9.17, 15) is 14.4 Å². The topological polar surface area (TPSA) is 84.5 Å². The van der Waals surface area contributed by atoms with Crippen LogP contribution in [0.5, 0.6) is 0 Å². The molecule has 132 valence electrons. The largest absolute Gasteiger partial charge is 0.467 e. The van der Waals surface area contributed by atoms with Gasteiger partial charge in [-0.2, -0.15) is 0 Å². The Bertz CT molecular complexity index is 559. The van der Waals surface area contributed by atoms with Crippen LogP contribution in [-0.4, -0.2) is 37.0 Å². The molecule has 0 bridgehead atoms. The predicted molar refractivity (Wildman–Crippen MR) is 91.2 cm³/mol. The third-order valence-electron chi connectivity index (χ3n) is 3.94. The molecule has 0 heterocycles. The average molecular weight is 334 g/mol. The first kappa shape index (κ1) is 19.7. The second-order valence-corrected chi connectivity index (χ2v) is 5.84. The molecule has 0 fully saturated rings. The van der Waals surface area contributed by atoms with Gasteiger partial charge in [-0.1, -0.05) is 50.6 Å². The van der Waals surface area contributed by atoms with Crippen molar-refractivity contribution in [2.45, 2.75) is 45.7 Å². The Labute approximate surface area is 143 Å². The number of carbonyl (C=O) groups is 3. The zero-order valence-electron chi connectivity index (χ0n) is 14.7. The average Bonchev–Trinajstić information content (AvgIpc) is 2.58. The molecule has 0 aliphatic carbocycles. The molecular formula is C18H26N2O4. The molecule has 3 atom stereocenters. The van der Waals surface area contributed by atoms with Crippen molar-refractivity contribution in [2.75, 3.05) is 7.11 Å². The van der Waals surface area contributed by atoms with Crippen molar-refractivity contribution >= 4 is 17.8 Å². The molecule has 1 aromatic rings. The van der Waals surface area contributed by atoms with Crippen molar-refractivity contribution in [1.29, 1.82) is 0 Å². The van der Waals surface area contributed by atoms with E-state index in [4.69, 9.17) is 4.74 Å². The minimum absolute atomic E-state index is 0.0731. The monoisotopic (exact) mass is 334 g/mol. The first-order valence-electron chi connectivity index (χ1n) is 8.08. The van der Waals surface area contributed by atoms with Gasteiger partial charge in [0.1, 0.15) is 12.1 Å². The SMILES string of the molecule is CC[C@@H](C)[C@@H](NC(=O)[C@@H](Cc1ccccc1)NC(C)=O)C(=O)OC. The minimum atomic E-state index is -0.749. The highest BCUT2D eigenvalue weighted by Gasteiger charge is 2.30. The van der Waals surface area contributed by atoms with E-state index in [2.05, 4.69) is 10.6 Å². The second-order valence-electron chi connectivity index (χ2n) is 5.84. The third-order valence-corrected chi connectivity index (χ3v) is 3.94. The summed E-state index contributed by atoms with van der Waals surface area (Å²) in [7, 11) is 1.29. The van der Waals surface area contributed by atoms with Crippen molar-refractivity contribution in [3.8, 4) is 0 Å². The zero-order chi connectivity index (χ0) is 18.1. The Morgan fingerprint density at radius 2 is 1.75 bits per heavy atom. The number of rotatable bonds is 8. The molecule has 0 aliphatic rings. The molecule has 2 amide bonds. The summed E-state index contributed by atoms with van der Waals surface area (Å²) in [5, 5.41) is 5.36. The van der Waals surface area contributed by atoms with E-state index >= 15 is 0 Å². The fourth-order valence-electron chi connectivity index (χ4n) is 2.35. The van der Waals surface area contributed by atoms with Crippen LogP contribution >= 0.6 is 0 Å². The molecule has 0 saturated carbocycles. The summed E-state index contributed by atoms with van der Waals surface area (Å²) in [6.07, 6.45) is 1.06. The highest BCUT2D eigenvalue weighted by molar-refractivity contribution is 5.90. The van der Waals surface area contributed by atoms with Gasteiger partial charge in [0.2, 0.25) is 11.8 Å². The highest BCUT2D eigenvalue weighted by Crippen LogP contribution is 2.10. The van der Waals surface area contributed by atoms with E-state index in [1.54, 1.807) is 0 Å². The maximum atomic E-state index is 12.6. The van der Waals surface area contributed by atoms with Crippen LogP contribution in [0.2, 0.25) is 0 Å². The summed E-state index contributed by atoms with van der Waals surface area (Å²) >= 11 is 0. The summed E-state index contributed by atoms with van der Waals surface area (Å²) in [5.41, 5.74) is 0.921. The molecule has 0 aromatic heterocycles. The lowest BCUT2D eigenvalue weighted by Gasteiger charge is -2.25. The number of hydrogen-bond donors (Lipinski definition) is 2. The normalized spacial score (nSPS) is 14.2. The van der Waals surface area contributed by atoms with Crippen molar-refractivity contribution < 1.29 is 19.1 Å². The van der Waals surface area contributed by atoms with Crippen LogP contribution in [0.1, 0.15) is 32.8 Å². The first-order valence-corrected chi connectivity index (χ1v) is 8.08. The van der Waals surface area contributed by atoms with Crippen LogP contribution in [0.25, 0.3) is 0 Å². The standard InChI is InChI=1S/C18H26N2O4/c1-5-12(2)16(18(23)24-4)20-17(22)15(19-13(3)21)11-14-9-7-6-8-10-14/h6-10,12,15-16H,5,11H2,1-4H3,(H,19,21)(H,20,22)/t12-,15-,16-/m1/s1. The molecule has 6 nitrogen and oxygen atoms in total. The van der Waals surface area contributed by atoms with Crippen molar-refractivity contribution in [3.63, 3.8) is 0 Å². The zero-order valence-corrected chi connectivity index (χ0v) is 14.7. The summed E-state index contributed by atoms with van der Waals surface area (Å²) in [5.74, 6) is -1.26. The molecule has 2 N–H and O–H groups in total. The number of ether oxygens (including phenoxy) is 1. The van der Waals surface area contributed by atoms with E-state index in [0.717, 1.165) is 5.56 Å². The fraction of sp³-hybridized carbons (Fsp3) is 0.500. The minimum Gasteiger partial charge on any atom is -0.467 e. The maximum absolute atomic E-state index is 12.6. The Balaban J connectivity index is 2.89. The van der Waals surface area contributed by atoms with Crippen LogP contribution in [0.15, 0.2) is 30.3 Å². The smallest absolute Gasteiger partial charge is 0.328 e. The van der Waals surface area contributed by atoms with Gasteiger partial charge in [-0.25, -0.2) is 4.79 Å². The molecule has 0 aliphatic heterocycles. The molecule has 6 heteroatoms. The van der Waals surface area contributed by atoms with Crippen LogP contribution < -0.4 is 10.6 Å². The first-order chi connectivity index (χ1) is 11.4. The van der Waals surface area contributed by atoms with Gasteiger partial charge < -0.3 is 15.4 Å². The van der Waals surface area contributed by atoms with Crippen molar-refractivity contribution in [1.82, 2.24) is 10.6 Å². The van der Waals surface area contributed by atoms with Crippen LogP contribution in [0.3, 0.4) is 0 Å². The maximum Gasteiger partial charge on any atom is 0.328 e. The number of amides is 2. The lowest BCUT2D eigenvalue weighted by atomic mass is 9.98. The molecule has 0 radical (unpaired) electrons. The lowest BCUT2D eigenvalue weighted by molar-refractivity contribution is -0.146. The van der Waals surface area contributed by atoms with Gasteiger partial charge in [0, 0.05) is 13.3 Å². The Kier molecular flexibility index (Phi) is 7.95. The Morgan fingerprint density at radius 1 is 1.12 bits per heavy atom. The van der Waals surface area contributed by atoms with Gasteiger partial charge >= 0.3 is 5.97 Å². The Hall–Kier alpha value is -2.37. The van der Waals surface area contributed by atoms with Crippen molar-refractivity contribution in [2.24, 2.45) is 5.92 Å². The molecule has 1 aromatic carbocycles. The number of benzene rings is 1. The van der Waals surface area contributed by atoms with E-state index < -0.39 is 24.0 Å². The summed E-state index contributed by atoms with van der Waals surface area (Å²) in [6.45, 7) is 5.16. The second kappa shape index (κ2) is 9.70. The lowest BCUT2D eigenvalue weighted by Crippen LogP contribution is -2.54. The summed E-state index contributed by atoms with van der Waals surface area (Å²) in [6, 6.07) is 7.90. The van der Waals surface area contributed by atoms with Crippen LogP contribution in [0.4, 0.5) is 0 Å². The third kappa shape index (κ3) is 6.02. The summed E-state index contributed by atoms with van der Waals surface area (Å²) < 4.78 is 4.77. The quantitative estimate of drug-likeness (QED) is 0.705. The van der Waals surface area contributed by atoms with Gasteiger partial charge in [0.15, 0.2) is 0 Å².